The quantitative estimate of drug-likeness (QED) is 0.674. The third-order valence-electron chi connectivity index (χ3n) is 5.43. The fourth-order valence-electron chi connectivity index (χ4n) is 3.92. The van der Waals surface area contributed by atoms with Crippen LogP contribution in [0.15, 0.2) is 30.7 Å². The number of aromatic nitrogens is 4. The maximum atomic E-state index is 6.27. The van der Waals surface area contributed by atoms with E-state index in [0.29, 0.717) is 17.0 Å². The van der Waals surface area contributed by atoms with Crippen molar-refractivity contribution in [2.75, 3.05) is 32.2 Å². The number of halogens is 1. The number of aryl methyl sites for hydroxylation is 1. The highest BCUT2D eigenvalue weighted by Crippen LogP contribution is 2.39. The van der Waals surface area contributed by atoms with Gasteiger partial charge in [-0.1, -0.05) is 11.6 Å². The molecule has 0 amide bonds. The molecule has 1 aliphatic rings. The number of rotatable bonds is 5. The first-order chi connectivity index (χ1) is 14.1. The van der Waals surface area contributed by atoms with E-state index in [9.17, 15) is 0 Å². The van der Waals surface area contributed by atoms with Gasteiger partial charge in [0.2, 0.25) is 0 Å². The Labute approximate surface area is 175 Å². The van der Waals surface area contributed by atoms with Gasteiger partial charge in [0.1, 0.15) is 11.6 Å². The van der Waals surface area contributed by atoms with E-state index in [4.69, 9.17) is 21.1 Å². The summed E-state index contributed by atoms with van der Waals surface area (Å²) < 4.78 is 10.8. The molecule has 3 heterocycles. The second-order valence-electron chi connectivity index (χ2n) is 7.11. The normalized spacial score (nSPS) is 14.8. The number of piperidine rings is 1. The molecule has 1 N–H and O–H groups in total. The summed E-state index contributed by atoms with van der Waals surface area (Å²) in [4.78, 5) is 19.0. The van der Waals surface area contributed by atoms with Gasteiger partial charge in [-0.3, -0.25) is 0 Å². The molecule has 3 aromatic rings. The number of anilines is 1. The van der Waals surface area contributed by atoms with E-state index in [2.05, 4.69) is 31.8 Å². The number of ether oxygens (including phenoxy) is 2. The zero-order chi connectivity index (χ0) is 20.4. The molecular weight excluding hydrogens is 390 g/mol. The van der Waals surface area contributed by atoms with Gasteiger partial charge < -0.3 is 19.4 Å². The Morgan fingerprint density at radius 2 is 1.90 bits per heavy atom. The molecule has 152 valence electrons. The molecular formula is C21H24ClN5O2. The maximum absolute atomic E-state index is 6.27. The first kappa shape index (κ1) is 19.5. The highest BCUT2D eigenvalue weighted by molar-refractivity contribution is 6.31. The third-order valence-corrected chi connectivity index (χ3v) is 5.67. The van der Waals surface area contributed by atoms with Gasteiger partial charge in [-0.05, 0) is 38.0 Å². The fraction of sp³-hybridized carbons (Fsp3) is 0.381. The Morgan fingerprint density at radius 1 is 1.10 bits per heavy atom. The summed E-state index contributed by atoms with van der Waals surface area (Å²) in [6.07, 6.45) is 5.56. The molecule has 1 aliphatic heterocycles. The standard InChI is InChI=1S/C21H24ClN5O2/c1-13-19(25-12-24-13)14-6-8-27(9-7-14)20-17(11-23-21(26-20)29-3)16-10-15(22)4-5-18(16)28-2/h4-5,10-12,14H,6-9H2,1-3H3,(H,24,25). The van der Waals surface area contributed by atoms with Crippen LogP contribution in [0.5, 0.6) is 11.8 Å². The molecule has 0 unspecified atom stereocenters. The topological polar surface area (TPSA) is 76.2 Å². The largest absolute Gasteiger partial charge is 0.496 e. The molecule has 8 heteroatoms. The first-order valence-corrected chi connectivity index (χ1v) is 9.98. The van der Waals surface area contributed by atoms with E-state index in [1.54, 1.807) is 26.7 Å². The lowest BCUT2D eigenvalue weighted by atomic mass is 9.92. The van der Waals surface area contributed by atoms with Gasteiger partial charge in [-0.2, -0.15) is 4.98 Å². The van der Waals surface area contributed by atoms with Gasteiger partial charge in [-0.15, -0.1) is 0 Å². The van der Waals surface area contributed by atoms with Gasteiger partial charge >= 0.3 is 6.01 Å². The van der Waals surface area contributed by atoms with Crippen molar-refractivity contribution in [3.05, 3.63) is 47.1 Å². The summed E-state index contributed by atoms with van der Waals surface area (Å²) in [6, 6.07) is 5.90. The molecule has 0 bridgehead atoms. The summed E-state index contributed by atoms with van der Waals surface area (Å²) in [5.74, 6) is 2.01. The SMILES string of the molecule is COc1ncc(-c2cc(Cl)ccc2OC)c(N2CCC(c3nc[nH]c3C)CC2)n1. The van der Waals surface area contributed by atoms with Crippen molar-refractivity contribution in [1.29, 1.82) is 0 Å². The molecule has 0 aliphatic carbocycles. The van der Waals surface area contributed by atoms with E-state index < -0.39 is 0 Å². The Balaban J connectivity index is 1.67. The molecule has 4 rings (SSSR count). The number of aromatic amines is 1. The Morgan fingerprint density at radius 3 is 2.55 bits per heavy atom. The van der Waals surface area contributed by atoms with Crippen LogP contribution in [0.2, 0.25) is 5.02 Å². The second kappa shape index (κ2) is 8.29. The van der Waals surface area contributed by atoms with E-state index in [1.807, 2.05) is 18.2 Å². The van der Waals surface area contributed by atoms with Gasteiger partial charge in [0.25, 0.3) is 0 Å². The van der Waals surface area contributed by atoms with Gasteiger partial charge in [0.05, 0.1) is 26.2 Å². The van der Waals surface area contributed by atoms with Gasteiger partial charge in [0.15, 0.2) is 0 Å². The zero-order valence-corrected chi connectivity index (χ0v) is 17.5. The zero-order valence-electron chi connectivity index (χ0n) is 16.8. The van der Waals surface area contributed by atoms with E-state index in [-0.39, 0.29) is 0 Å². The second-order valence-corrected chi connectivity index (χ2v) is 7.55. The number of H-pyrrole nitrogens is 1. The van der Waals surface area contributed by atoms with Crippen molar-refractivity contribution in [2.24, 2.45) is 0 Å². The molecule has 0 saturated carbocycles. The van der Waals surface area contributed by atoms with Gasteiger partial charge in [0, 0.05) is 47.0 Å². The van der Waals surface area contributed by atoms with Crippen LogP contribution in [0.4, 0.5) is 5.82 Å². The predicted molar refractivity (Wildman–Crippen MR) is 113 cm³/mol. The summed E-state index contributed by atoms with van der Waals surface area (Å²) in [6.45, 7) is 3.81. The van der Waals surface area contributed by atoms with Crippen LogP contribution in [0.25, 0.3) is 11.1 Å². The monoisotopic (exact) mass is 413 g/mol. The van der Waals surface area contributed by atoms with Crippen LogP contribution in [0.3, 0.4) is 0 Å². The highest BCUT2D eigenvalue weighted by Gasteiger charge is 2.27. The number of methoxy groups -OCH3 is 2. The first-order valence-electron chi connectivity index (χ1n) is 9.60. The maximum Gasteiger partial charge on any atom is 0.318 e. The molecule has 0 radical (unpaired) electrons. The van der Waals surface area contributed by atoms with Crippen LogP contribution in [0.1, 0.15) is 30.1 Å². The molecule has 1 aromatic carbocycles. The molecule has 29 heavy (non-hydrogen) atoms. The van der Waals surface area contributed by atoms with Crippen molar-refractivity contribution < 1.29 is 9.47 Å². The van der Waals surface area contributed by atoms with Crippen molar-refractivity contribution >= 4 is 17.4 Å². The highest BCUT2D eigenvalue weighted by atomic mass is 35.5. The number of imidazole rings is 1. The van der Waals surface area contributed by atoms with E-state index >= 15 is 0 Å². The number of nitrogens with zero attached hydrogens (tertiary/aromatic N) is 4. The summed E-state index contributed by atoms with van der Waals surface area (Å²) in [5.41, 5.74) is 4.06. The van der Waals surface area contributed by atoms with Crippen molar-refractivity contribution in [2.45, 2.75) is 25.7 Å². The van der Waals surface area contributed by atoms with Crippen LogP contribution in [0, 0.1) is 6.92 Å². The van der Waals surface area contributed by atoms with Gasteiger partial charge in [-0.25, -0.2) is 9.97 Å². The minimum absolute atomic E-state index is 0.343. The van der Waals surface area contributed by atoms with Crippen LogP contribution >= 0.6 is 11.6 Å². The fourth-order valence-corrected chi connectivity index (χ4v) is 4.10. The summed E-state index contributed by atoms with van der Waals surface area (Å²) >= 11 is 6.27. The third kappa shape index (κ3) is 3.87. The molecule has 1 fully saturated rings. The van der Waals surface area contributed by atoms with Crippen LogP contribution < -0.4 is 14.4 Å². The van der Waals surface area contributed by atoms with E-state index in [1.165, 1.54) is 5.69 Å². The van der Waals surface area contributed by atoms with E-state index in [0.717, 1.165) is 54.3 Å². The Bertz CT molecular complexity index is 998. The molecule has 7 nitrogen and oxygen atoms in total. The van der Waals surface area contributed by atoms with Crippen molar-refractivity contribution in [1.82, 2.24) is 19.9 Å². The molecule has 0 spiro atoms. The number of benzene rings is 1. The van der Waals surface area contributed by atoms with Crippen LogP contribution in [-0.4, -0.2) is 47.2 Å². The van der Waals surface area contributed by atoms with Crippen molar-refractivity contribution in [3.8, 4) is 22.9 Å². The lowest BCUT2D eigenvalue weighted by Gasteiger charge is -2.33. The van der Waals surface area contributed by atoms with Crippen LogP contribution in [-0.2, 0) is 0 Å². The number of hydrogen-bond donors (Lipinski definition) is 1. The minimum atomic E-state index is 0.343. The lowest BCUT2D eigenvalue weighted by Crippen LogP contribution is -2.34. The average molecular weight is 414 g/mol. The number of nitrogens with one attached hydrogen (secondary N) is 1. The number of hydrogen-bond acceptors (Lipinski definition) is 6. The molecule has 0 atom stereocenters. The summed E-state index contributed by atoms with van der Waals surface area (Å²) in [5, 5.41) is 0.635. The predicted octanol–water partition coefficient (Wildman–Crippen LogP) is 4.23. The molecule has 2 aromatic heterocycles. The molecule has 1 saturated heterocycles. The average Bonchev–Trinajstić information content (AvgIpc) is 3.19. The Hall–Kier alpha value is -2.80. The minimum Gasteiger partial charge on any atom is -0.496 e. The smallest absolute Gasteiger partial charge is 0.318 e. The Kier molecular flexibility index (Phi) is 5.58. The van der Waals surface area contributed by atoms with Crippen molar-refractivity contribution in [3.63, 3.8) is 0 Å². The lowest BCUT2D eigenvalue weighted by molar-refractivity contribution is 0.379. The summed E-state index contributed by atoms with van der Waals surface area (Å²) in [7, 11) is 3.22.